The summed E-state index contributed by atoms with van der Waals surface area (Å²) in [7, 11) is 1.57. The summed E-state index contributed by atoms with van der Waals surface area (Å²) in [6.45, 7) is 7.26. The molecule has 1 atom stereocenters. The number of nitrogens with one attached hydrogen (secondary N) is 1. The summed E-state index contributed by atoms with van der Waals surface area (Å²) in [6, 6.07) is 7.63. The molecule has 0 fully saturated rings. The van der Waals surface area contributed by atoms with E-state index in [0.29, 0.717) is 18.3 Å². The first-order valence-electron chi connectivity index (χ1n) is 10.8. The first kappa shape index (κ1) is 20.0. The Hall–Kier alpha value is -2.92. The topological polar surface area (TPSA) is 71.0 Å². The van der Waals surface area contributed by atoms with E-state index in [-0.39, 0.29) is 17.9 Å². The molecule has 162 valence electrons. The van der Waals surface area contributed by atoms with E-state index in [9.17, 15) is 10.2 Å². The van der Waals surface area contributed by atoms with Crippen LogP contribution in [0, 0.1) is 5.92 Å². The molecule has 0 radical (unpaired) electrons. The normalized spacial score (nSPS) is 20.8. The van der Waals surface area contributed by atoms with Gasteiger partial charge in [0.15, 0.2) is 11.5 Å². The highest BCUT2D eigenvalue weighted by atomic mass is 16.5. The van der Waals surface area contributed by atoms with Gasteiger partial charge in [0.05, 0.1) is 24.8 Å². The van der Waals surface area contributed by atoms with Crippen molar-refractivity contribution in [3.8, 4) is 28.4 Å². The summed E-state index contributed by atoms with van der Waals surface area (Å²) in [5.74, 6) is 1.58. The fraction of sp³-hybridized carbons (Fsp3) is 0.385. The molecule has 3 aliphatic rings. The summed E-state index contributed by atoms with van der Waals surface area (Å²) in [6.07, 6.45) is 4.22. The predicted molar refractivity (Wildman–Crippen MR) is 123 cm³/mol. The van der Waals surface area contributed by atoms with Gasteiger partial charge < -0.3 is 25.0 Å². The maximum Gasteiger partial charge on any atom is 0.172 e. The van der Waals surface area contributed by atoms with Gasteiger partial charge in [-0.2, -0.15) is 0 Å². The minimum Gasteiger partial charge on any atom is -0.504 e. The maximum atomic E-state index is 10.4. The number of benzene rings is 2. The SMILES string of the molecule is COc1c(O)ccc2c1-c1ccc3c(c1CO2)C(C)=C([C@@H]1C=C(CO)CC1)C(C)(C)N3. The van der Waals surface area contributed by atoms with Crippen LogP contribution in [-0.4, -0.2) is 29.5 Å². The van der Waals surface area contributed by atoms with Gasteiger partial charge in [-0.3, -0.25) is 0 Å². The van der Waals surface area contributed by atoms with Crippen LogP contribution in [0.4, 0.5) is 5.69 Å². The number of aliphatic hydroxyl groups excluding tert-OH is 1. The third-order valence-corrected chi connectivity index (χ3v) is 6.94. The lowest BCUT2D eigenvalue weighted by molar-refractivity contribution is 0.297. The minimum absolute atomic E-state index is 0.107. The van der Waals surface area contributed by atoms with Crippen molar-refractivity contribution < 1.29 is 19.7 Å². The molecule has 0 aromatic heterocycles. The van der Waals surface area contributed by atoms with Gasteiger partial charge in [0, 0.05) is 22.7 Å². The lowest BCUT2D eigenvalue weighted by Gasteiger charge is -2.41. The summed E-state index contributed by atoms with van der Waals surface area (Å²) >= 11 is 0. The molecule has 2 aromatic rings. The van der Waals surface area contributed by atoms with Gasteiger partial charge in [0.2, 0.25) is 0 Å². The van der Waals surface area contributed by atoms with Crippen molar-refractivity contribution in [2.45, 2.75) is 45.8 Å². The van der Waals surface area contributed by atoms with Crippen molar-refractivity contribution in [1.29, 1.82) is 0 Å². The summed E-state index contributed by atoms with van der Waals surface area (Å²) < 4.78 is 11.7. The first-order chi connectivity index (χ1) is 14.9. The molecule has 2 heterocycles. The number of phenolic OH excluding ortho intramolecular Hbond substituents is 1. The second kappa shape index (κ2) is 7.06. The first-order valence-corrected chi connectivity index (χ1v) is 10.8. The Kier molecular flexibility index (Phi) is 4.56. The molecule has 2 aromatic carbocycles. The van der Waals surface area contributed by atoms with Crippen LogP contribution >= 0.6 is 0 Å². The minimum atomic E-state index is -0.194. The van der Waals surface area contributed by atoms with Gasteiger partial charge in [-0.1, -0.05) is 12.1 Å². The standard InChI is InChI=1S/C26H29NO4/c1-14-22-18-13-31-21-10-9-20(29)25(30-4)23(21)17(18)7-8-19(22)27-26(2,3)24(14)16-6-5-15(11-16)12-28/h7-11,16,27-29H,5-6,12-13H2,1-4H3/t16-/m0/s1. The largest absolute Gasteiger partial charge is 0.504 e. The number of methoxy groups -OCH3 is 1. The number of allylic oxidation sites excluding steroid dienone is 2. The molecule has 0 saturated carbocycles. The molecule has 0 spiro atoms. The molecule has 0 saturated heterocycles. The zero-order chi connectivity index (χ0) is 21.9. The Morgan fingerprint density at radius 3 is 2.71 bits per heavy atom. The Bertz CT molecular complexity index is 1140. The fourth-order valence-electron chi connectivity index (χ4n) is 5.75. The van der Waals surface area contributed by atoms with Crippen molar-refractivity contribution >= 4 is 11.3 Å². The van der Waals surface area contributed by atoms with Gasteiger partial charge in [-0.05, 0) is 74.1 Å². The number of aromatic hydroxyl groups is 1. The van der Waals surface area contributed by atoms with Crippen molar-refractivity contribution in [3.05, 3.63) is 52.6 Å². The maximum absolute atomic E-state index is 10.4. The van der Waals surface area contributed by atoms with Crippen LogP contribution < -0.4 is 14.8 Å². The van der Waals surface area contributed by atoms with Gasteiger partial charge >= 0.3 is 0 Å². The van der Waals surface area contributed by atoms with Crippen LogP contribution in [0.15, 0.2) is 41.5 Å². The van der Waals surface area contributed by atoms with Crippen LogP contribution in [0.2, 0.25) is 0 Å². The van der Waals surface area contributed by atoms with E-state index in [4.69, 9.17) is 9.47 Å². The molecule has 5 heteroatoms. The van der Waals surface area contributed by atoms with Gasteiger partial charge in [-0.25, -0.2) is 0 Å². The van der Waals surface area contributed by atoms with Crippen LogP contribution in [0.5, 0.6) is 17.2 Å². The third kappa shape index (κ3) is 2.94. The summed E-state index contributed by atoms with van der Waals surface area (Å²) in [5.41, 5.74) is 8.78. The molecule has 5 rings (SSSR count). The predicted octanol–water partition coefficient (Wildman–Crippen LogP) is 5.27. The Balaban J connectivity index is 1.73. The molecule has 31 heavy (non-hydrogen) atoms. The van der Waals surface area contributed by atoms with Gasteiger partial charge in [0.25, 0.3) is 0 Å². The molecular weight excluding hydrogens is 390 g/mol. The second-order valence-electron chi connectivity index (χ2n) is 9.21. The summed E-state index contributed by atoms with van der Waals surface area (Å²) in [4.78, 5) is 0. The van der Waals surface area contributed by atoms with Gasteiger partial charge in [-0.15, -0.1) is 0 Å². The van der Waals surface area contributed by atoms with Crippen LogP contribution in [0.1, 0.15) is 44.7 Å². The Labute approximate surface area is 183 Å². The van der Waals surface area contributed by atoms with E-state index in [1.54, 1.807) is 19.2 Å². The number of hydrogen-bond donors (Lipinski definition) is 3. The van der Waals surface area contributed by atoms with Crippen LogP contribution in [0.3, 0.4) is 0 Å². The molecule has 0 bridgehead atoms. The molecule has 3 N–H and O–H groups in total. The smallest absolute Gasteiger partial charge is 0.172 e. The highest BCUT2D eigenvalue weighted by Gasteiger charge is 2.38. The van der Waals surface area contributed by atoms with Crippen molar-refractivity contribution in [3.63, 3.8) is 0 Å². The number of phenols is 1. The van der Waals surface area contributed by atoms with E-state index in [0.717, 1.165) is 46.5 Å². The molecule has 1 aliphatic carbocycles. The Morgan fingerprint density at radius 2 is 2.00 bits per heavy atom. The lowest BCUT2D eigenvalue weighted by Crippen LogP contribution is -2.39. The van der Waals surface area contributed by atoms with E-state index in [1.165, 1.54) is 16.7 Å². The number of anilines is 1. The van der Waals surface area contributed by atoms with Crippen molar-refractivity contribution in [1.82, 2.24) is 0 Å². The monoisotopic (exact) mass is 419 g/mol. The zero-order valence-electron chi connectivity index (χ0n) is 18.5. The average molecular weight is 420 g/mol. The second-order valence-corrected chi connectivity index (χ2v) is 9.21. The number of ether oxygens (including phenoxy) is 2. The molecular formula is C26H29NO4. The number of hydrogen-bond acceptors (Lipinski definition) is 5. The highest BCUT2D eigenvalue weighted by Crippen LogP contribution is 2.53. The van der Waals surface area contributed by atoms with Crippen molar-refractivity contribution in [2.24, 2.45) is 5.92 Å². The quantitative estimate of drug-likeness (QED) is 0.592. The highest BCUT2D eigenvalue weighted by molar-refractivity contribution is 5.92. The fourth-order valence-corrected chi connectivity index (χ4v) is 5.75. The molecule has 5 nitrogen and oxygen atoms in total. The van der Waals surface area contributed by atoms with E-state index >= 15 is 0 Å². The van der Waals surface area contributed by atoms with Crippen LogP contribution in [-0.2, 0) is 6.61 Å². The van der Waals surface area contributed by atoms with E-state index < -0.39 is 0 Å². The van der Waals surface area contributed by atoms with Crippen LogP contribution in [0.25, 0.3) is 16.7 Å². The van der Waals surface area contributed by atoms with E-state index in [1.807, 2.05) is 0 Å². The molecule has 0 unspecified atom stereocenters. The molecule has 2 aliphatic heterocycles. The molecule has 0 amide bonds. The summed E-state index contributed by atoms with van der Waals surface area (Å²) in [5, 5.41) is 23.7. The number of rotatable bonds is 3. The Morgan fingerprint density at radius 1 is 1.19 bits per heavy atom. The number of fused-ring (bicyclic) bond motifs is 5. The number of aliphatic hydroxyl groups is 1. The third-order valence-electron chi connectivity index (χ3n) is 6.94. The average Bonchev–Trinajstić information content (AvgIpc) is 3.20. The zero-order valence-corrected chi connectivity index (χ0v) is 18.5. The van der Waals surface area contributed by atoms with E-state index in [2.05, 4.69) is 44.3 Å². The lowest BCUT2D eigenvalue weighted by atomic mass is 9.74. The van der Waals surface area contributed by atoms with Gasteiger partial charge in [0.1, 0.15) is 12.4 Å². The van der Waals surface area contributed by atoms with Crippen molar-refractivity contribution in [2.75, 3.05) is 19.0 Å².